The standard InChI is InChI=1S/C23H21O6P/c1-27-16-10-8-14-9-11-19(24)21(18(14)13-16)22-17-7-5-4-6-15(17)12-20(23(22)25)30(26,28-2)29-3/h4-13,24-25H,1-3H3. The maximum Gasteiger partial charge on any atom is 0.364 e. The number of benzene rings is 4. The Hall–Kier alpha value is -3.05. The van der Waals surface area contributed by atoms with E-state index in [1.165, 1.54) is 14.2 Å². The van der Waals surface area contributed by atoms with Crippen molar-refractivity contribution in [3.05, 3.63) is 60.7 Å². The van der Waals surface area contributed by atoms with Crippen LogP contribution in [0.2, 0.25) is 0 Å². The van der Waals surface area contributed by atoms with Crippen LogP contribution in [0.5, 0.6) is 17.2 Å². The van der Waals surface area contributed by atoms with Gasteiger partial charge >= 0.3 is 7.60 Å². The SMILES string of the molecule is COc1ccc2ccc(O)c(-c3c(O)c(P(=O)(OC)OC)cc4ccccc34)c2c1. The second kappa shape index (κ2) is 7.65. The average molecular weight is 424 g/mol. The lowest BCUT2D eigenvalue weighted by atomic mass is 9.92. The highest BCUT2D eigenvalue weighted by Crippen LogP contribution is 2.52. The van der Waals surface area contributed by atoms with Crippen LogP contribution in [-0.2, 0) is 13.6 Å². The van der Waals surface area contributed by atoms with Crippen molar-refractivity contribution in [1.82, 2.24) is 0 Å². The van der Waals surface area contributed by atoms with E-state index in [2.05, 4.69) is 0 Å². The number of phenols is 2. The first-order valence-electron chi connectivity index (χ1n) is 9.20. The summed E-state index contributed by atoms with van der Waals surface area (Å²) in [6, 6.07) is 17.8. The number of hydrogen-bond acceptors (Lipinski definition) is 6. The van der Waals surface area contributed by atoms with E-state index in [4.69, 9.17) is 13.8 Å². The van der Waals surface area contributed by atoms with Crippen molar-refractivity contribution >= 4 is 34.4 Å². The Morgan fingerprint density at radius 1 is 0.767 bits per heavy atom. The minimum atomic E-state index is -3.77. The Kier molecular flexibility index (Phi) is 5.16. The first-order chi connectivity index (χ1) is 14.4. The number of aromatic hydroxyl groups is 2. The molecule has 30 heavy (non-hydrogen) atoms. The van der Waals surface area contributed by atoms with E-state index in [1.54, 1.807) is 31.4 Å². The van der Waals surface area contributed by atoms with Crippen LogP contribution in [0.25, 0.3) is 32.7 Å². The number of fused-ring (bicyclic) bond motifs is 2. The quantitative estimate of drug-likeness (QED) is 0.429. The largest absolute Gasteiger partial charge is 0.507 e. The molecule has 0 unspecified atom stereocenters. The van der Waals surface area contributed by atoms with Crippen LogP contribution in [0.15, 0.2) is 60.7 Å². The number of hydrogen-bond donors (Lipinski definition) is 2. The van der Waals surface area contributed by atoms with Gasteiger partial charge in [0.25, 0.3) is 0 Å². The summed E-state index contributed by atoms with van der Waals surface area (Å²) < 4.78 is 28.8. The molecule has 154 valence electrons. The van der Waals surface area contributed by atoms with E-state index in [0.717, 1.165) is 5.39 Å². The van der Waals surface area contributed by atoms with Gasteiger partial charge in [-0.25, -0.2) is 0 Å². The highest BCUT2D eigenvalue weighted by molar-refractivity contribution is 7.62. The van der Waals surface area contributed by atoms with Crippen molar-refractivity contribution < 1.29 is 28.6 Å². The van der Waals surface area contributed by atoms with Gasteiger partial charge < -0.3 is 24.0 Å². The van der Waals surface area contributed by atoms with Crippen LogP contribution < -0.4 is 10.0 Å². The van der Waals surface area contributed by atoms with Gasteiger partial charge in [-0.3, -0.25) is 4.57 Å². The van der Waals surface area contributed by atoms with Crippen molar-refractivity contribution in [2.75, 3.05) is 21.3 Å². The molecule has 0 spiro atoms. The van der Waals surface area contributed by atoms with Gasteiger partial charge in [-0.1, -0.05) is 36.4 Å². The maximum absolute atomic E-state index is 13.2. The molecule has 0 amide bonds. The van der Waals surface area contributed by atoms with Gasteiger partial charge in [-0.15, -0.1) is 0 Å². The smallest absolute Gasteiger partial charge is 0.364 e. The molecule has 0 saturated heterocycles. The third kappa shape index (κ3) is 3.10. The zero-order chi connectivity index (χ0) is 21.5. The molecular weight excluding hydrogens is 403 g/mol. The fourth-order valence-corrected chi connectivity index (χ4v) is 4.94. The summed E-state index contributed by atoms with van der Waals surface area (Å²) in [4.78, 5) is 0. The summed E-state index contributed by atoms with van der Waals surface area (Å²) in [7, 11) is 0.316. The minimum absolute atomic E-state index is 0.0282. The van der Waals surface area contributed by atoms with Crippen molar-refractivity contribution in [2.24, 2.45) is 0 Å². The number of phenolic OH excluding ortho intramolecular Hbond substituents is 2. The van der Waals surface area contributed by atoms with Crippen molar-refractivity contribution in [2.45, 2.75) is 0 Å². The Bertz CT molecular complexity index is 1310. The Morgan fingerprint density at radius 3 is 2.17 bits per heavy atom. The minimum Gasteiger partial charge on any atom is -0.507 e. The van der Waals surface area contributed by atoms with E-state index in [9.17, 15) is 14.8 Å². The fraction of sp³-hybridized carbons (Fsp3) is 0.130. The number of methoxy groups -OCH3 is 1. The molecule has 0 bridgehead atoms. The summed E-state index contributed by atoms with van der Waals surface area (Å²) in [6.07, 6.45) is 0. The number of ether oxygens (including phenoxy) is 1. The predicted molar refractivity (Wildman–Crippen MR) is 118 cm³/mol. The molecule has 4 rings (SSSR count). The topological polar surface area (TPSA) is 85.2 Å². The van der Waals surface area contributed by atoms with Crippen molar-refractivity contribution in [1.29, 1.82) is 0 Å². The second-order valence-electron chi connectivity index (χ2n) is 6.75. The molecule has 4 aromatic carbocycles. The normalized spacial score (nSPS) is 11.8. The van der Waals surface area contributed by atoms with Crippen LogP contribution in [0.1, 0.15) is 0 Å². The van der Waals surface area contributed by atoms with E-state index >= 15 is 0 Å². The highest BCUT2D eigenvalue weighted by atomic mass is 31.2. The molecule has 0 aromatic heterocycles. The van der Waals surface area contributed by atoms with Crippen molar-refractivity contribution in [3.63, 3.8) is 0 Å². The molecule has 0 saturated carbocycles. The second-order valence-corrected chi connectivity index (χ2v) is 8.96. The molecule has 0 radical (unpaired) electrons. The lowest BCUT2D eigenvalue weighted by molar-refractivity contribution is 0.286. The summed E-state index contributed by atoms with van der Waals surface area (Å²) in [5.74, 6) is 0.304. The molecule has 0 aliphatic heterocycles. The zero-order valence-electron chi connectivity index (χ0n) is 16.7. The molecule has 0 aliphatic rings. The van der Waals surface area contributed by atoms with Gasteiger partial charge in [0.05, 0.1) is 7.11 Å². The lowest BCUT2D eigenvalue weighted by Crippen LogP contribution is -2.10. The Balaban J connectivity index is 2.21. The average Bonchev–Trinajstić information content (AvgIpc) is 2.78. The zero-order valence-corrected chi connectivity index (χ0v) is 17.6. The summed E-state index contributed by atoms with van der Waals surface area (Å²) in [5.41, 5.74) is 0.745. The predicted octanol–water partition coefficient (Wildman–Crippen LogP) is 5.19. The Morgan fingerprint density at radius 2 is 1.47 bits per heavy atom. The van der Waals surface area contributed by atoms with Crippen LogP contribution in [0.3, 0.4) is 0 Å². The van der Waals surface area contributed by atoms with Crippen LogP contribution >= 0.6 is 7.60 Å². The molecule has 4 aromatic rings. The van der Waals surface area contributed by atoms with Crippen LogP contribution in [0.4, 0.5) is 0 Å². The molecular formula is C23H21O6P. The molecule has 7 heteroatoms. The fourth-order valence-electron chi connectivity index (χ4n) is 3.73. The molecule has 0 heterocycles. The van der Waals surface area contributed by atoms with Gasteiger partial charge in [0.1, 0.15) is 22.6 Å². The monoisotopic (exact) mass is 424 g/mol. The molecule has 0 aliphatic carbocycles. The first kappa shape index (κ1) is 20.2. The highest BCUT2D eigenvalue weighted by Gasteiger charge is 2.32. The Labute approximate surface area is 173 Å². The first-order valence-corrected chi connectivity index (χ1v) is 10.7. The number of rotatable bonds is 5. The van der Waals surface area contributed by atoms with Gasteiger partial charge in [0.2, 0.25) is 0 Å². The molecule has 2 N–H and O–H groups in total. The summed E-state index contributed by atoms with van der Waals surface area (Å²) >= 11 is 0. The summed E-state index contributed by atoms with van der Waals surface area (Å²) in [6.45, 7) is 0. The van der Waals surface area contributed by atoms with Crippen LogP contribution in [0, 0.1) is 0 Å². The van der Waals surface area contributed by atoms with Gasteiger partial charge in [-0.2, -0.15) is 0 Å². The van der Waals surface area contributed by atoms with Crippen molar-refractivity contribution in [3.8, 4) is 28.4 Å². The van der Waals surface area contributed by atoms with Gasteiger partial charge in [0.15, 0.2) is 0 Å². The third-order valence-corrected chi connectivity index (χ3v) is 7.13. The maximum atomic E-state index is 13.2. The summed E-state index contributed by atoms with van der Waals surface area (Å²) in [5, 5.41) is 25.1. The van der Waals surface area contributed by atoms with E-state index in [0.29, 0.717) is 33.0 Å². The van der Waals surface area contributed by atoms with Gasteiger partial charge in [0, 0.05) is 25.3 Å². The molecule has 0 fully saturated rings. The van der Waals surface area contributed by atoms with E-state index < -0.39 is 7.60 Å². The van der Waals surface area contributed by atoms with Gasteiger partial charge in [-0.05, 0) is 45.8 Å². The molecule has 6 nitrogen and oxygen atoms in total. The van der Waals surface area contributed by atoms with E-state index in [1.807, 2.05) is 36.4 Å². The van der Waals surface area contributed by atoms with Crippen LogP contribution in [-0.4, -0.2) is 31.5 Å². The van der Waals surface area contributed by atoms with E-state index in [-0.39, 0.29) is 16.8 Å². The third-order valence-electron chi connectivity index (χ3n) is 5.23. The lowest BCUT2D eigenvalue weighted by Gasteiger charge is -2.20. The molecule has 0 atom stereocenters.